The van der Waals surface area contributed by atoms with Gasteiger partial charge < -0.3 is 5.32 Å². The molecule has 0 aliphatic carbocycles. The topological polar surface area (TPSA) is 42.0 Å². The molecule has 1 heterocycles. The fraction of sp³-hybridized carbons (Fsp3) is 0.0833. The first-order chi connectivity index (χ1) is 13.9. The van der Waals surface area contributed by atoms with Crippen LogP contribution in [0.25, 0.3) is 22.2 Å². The highest BCUT2D eigenvalue weighted by atomic mass is 35.5. The molecule has 0 unspecified atom stereocenters. The lowest BCUT2D eigenvalue weighted by Gasteiger charge is -2.12. The molecule has 0 aliphatic rings. The minimum absolute atomic E-state index is 0.196. The molecule has 0 spiro atoms. The average Bonchev–Trinajstić information content (AvgIpc) is 2.70. The van der Waals surface area contributed by atoms with Gasteiger partial charge in [0.1, 0.15) is 0 Å². The van der Waals surface area contributed by atoms with Gasteiger partial charge in [-0.15, -0.1) is 0 Å². The molecular weight excluding hydrogens is 403 g/mol. The number of aryl methyl sites for hydroxylation is 2. The van der Waals surface area contributed by atoms with E-state index in [2.05, 4.69) is 5.32 Å². The number of carbonyl (C=O) groups excluding carboxylic acids is 1. The minimum Gasteiger partial charge on any atom is -0.322 e. The van der Waals surface area contributed by atoms with Crippen molar-refractivity contribution in [3.63, 3.8) is 0 Å². The molecule has 1 amide bonds. The second-order valence-electron chi connectivity index (χ2n) is 6.95. The summed E-state index contributed by atoms with van der Waals surface area (Å²) in [5.74, 6) is -0.196. The van der Waals surface area contributed by atoms with Gasteiger partial charge in [-0.1, -0.05) is 47.5 Å². The van der Waals surface area contributed by atoms with Gasteiger partial charge in [-0.25, -0.2) is 4.98 Å². The van der Waals surface area contributed by atoms with E-state index in [1.54, 1.807) is 18.2 Å². The van der Waals surface area contributed by atoms with E-state index in [0.29, 0.717) is 21.3 Å². The van der Waals surface area contributed by atoms with Gasteiger partial charge in [-0.3, -0.25) is 4.79 Å². The smallest absolute Gasteiger partial charge is 0.256 e. The highest BCUT2D eigenvalue weighted by molar-refractivity contribution is 6.36. The molecule has 0 saturated carbocycles. The van der Waals surface area contributed by atoms with Crippen molar-refractivity contribution in [1.82, 2.24) is 4.98 Å². The van der Waals surface area contributed by atoms with E-state index in [-0.39, 0.29) is 5.91 Å². The Balaban J connectivity index is 1.82. The minimum atomic E-state index is -0.196. The lowest BCUT2D eigenvalue weighted by Crippen LogP contribution is -2.13. The predicted molar refractivity (Wildman–Crippen MR) is 121 cm³/mol. The molecule has 29 heavy (non-hydrogen) atoms. The molecule has 1 N–H and O–H groups in total. The third kappa shape index (κ3) is 3.98. The summed E-state index contributed by atoms with van der Waals surface area (Å²) in [5.41, 5.74) is 5.66. The lowest BCUT2D eigenvalue weighted by molar-refractivity contribution is 0.102. The molecule has 0 radical (unpaired) electrons. The van der Waals surface area contributed by atoms with Crippen LogP contribution in [0.15, 0.2) is 66.7 Å². The van der Waals surface area contributed by atoms with Gasteiger partial charge >= 0.3 is 0 Å². The predicted octanol–water partition coefficient (Wildman–Crippen LogP) is 7.08. The first kappa shape index (κ1) is 19.4. The van der Waals surface area contributed by atoms with Crippen LogP contribution in [-0.2, 0) is 0 Å². The Labute approximate surface area is 179 Å². The second-order valence-corrected chi connectivity index (χ2v) is 7.79. The standard InChI is InChI=1S/C24H18Cl2N2O/c1-14-7-9-17(11-15(14)2)27-24(29)20-13-23(19-10-8-16(25)12-21(19)26)28-22-6-4-3-5-18(20)22/h3-13H,1-2H3,(H,27,29). The molecular formula is C24H18Cl2N2O. The third-order valence-corrected chi connectivity index (χ3v) is 5.48. The fourth-order valence-electron chi connectivity index (χ4n) is 3.22. The van der Waals surface area contributed by atoms with Crippen LogP contribution in [0.4, 0.5) is 5.69 Å². The summed E-state index contributed by atoms with van der Waals surface area (Å²) in [6.07, 6.45) is 0. The van der Waals surface area contributed by atoms with E-state index in [1.165, 1.54) is 5.56 Å². The van der Waals surface area contributed by atoms with Crippen molar-refractivity contribution in [2.24, 2.45) is 0 Å². The summed E-state index contributed by atoms with van der Waals surface area (Å²) in [6.45, 7) is 4.06. The van der Waals surface area contributed by atoms with Crippen molar-refractivity contribution < 1.29 is 4.79 Å². The molecule has 3 aromatic carbocycles. The van der Waals surface area contributed by atoms with Crippen LogP contribution in [0, 0.1) is 13.8 Å². The van der Waals surface area contributed by atoms with Crippen LogP contribution in [0.3, 0.4) is 0 Å². The number of nitrogens with one attached hydrogen (secondary N) is 1. The fourth-order valence-corrected chi connectivity index (χ4v) is 3.72. The monoisotopic (exact) mass is 420 g/mol. The number of halogens is 2. The van der Waals surface area contributed by atoms with Crippen molar-refractivity contribution in [1.29, 1.82) is 0 Å². The van der Waals surface area contributed by atoms with Crippen molar-refractivity contribution in [2.75, 3.05) is 5.32 Å². The molecule has 0 saturated heterocycles. The first-order valence-corrected chi connectivity index (χ1v) is 9.92. The number of aromatic nitrogens is 1. The molecule has 0 atom stereocenters. The van der Waals surface area contributed by atoms with E-state index < -0.39 is 0 Å². The van der Waals surface area contributed by atoms with E-state index in [9.17, 15) is 4.79 Å². The van der Waals surface area contributed by atoms with Gasteiger partial charge in [-0.2, -0.15) is 0 Å². The molecule has 1 aromatic heterocycles. The summed E-state index contributed by atoms with van der Waals surface area (Å²) in [5, 5.41) is 4.82. The van der Waals surface area contributed by atoms with Gasteiger partial charge in [0.2, 0.25) is 0 Å². The van der Waals surface area contributed by atoms with Crippen LogP contribution in [-0.4, -0.2) is 10.9 Å². The number of rotatable bonds is 3. The van der Waals surface area contributed by atoms with Gasteiger partial charge in [0, 0.05) is 21.7 Å². The van der Waals surface area contributed by atoms with Gasteiger partial charge in [-0.05, 0) is 67.4 Å². The van der Waals surface area contributed by atoms with Crippen molar-refractivity contribution >= 4 is 45.7 Å². The molecule has 3 nitrogen and oxygen atoms in total. The SMILES string of the molecule is Cc1ccc(NC(=O)c2cc(-c3ccc(Cl)cc3Cl)nc3ccccc23)cc1C. The zero-order chi connectivity index (χ0) is 20.5. The molecule has 5 heteroatoms. The number of carbonyl (C=O) groups is 1. The molecule has 0 bridgehead atoms. The van der Waals surface area contributed by atoms with E-state index >= 15 is 0 Å². The number of hydrogen-bond acceptors (Lipinski definition) is 2. The van der Waals surface area contributed by atoms with Gasteiger partial charge in [0.25, 0.3) is 5.91 Å². The Kier molecular flexibility index (Phi) is 5.27. The van der Waals surface area contributed by atoms with E-state index in [1.807, 2.05) is 62.4 Å². The second kappa shape index (κ2) is 7.86. The number of amides is 1. The number of benzene rings is 3. The van der Waals surface area contributed by atoms with Crippen molar-refractivity contribution in [3.05, 3.63) is 93.5 Å². The maximum atomic E-state index is 13.2. The largest absolute Gasteiger partial charge is 0.322 e. The highest BCUT2D eigenvalue weighted by Crippen LogP contribution is 2.32. The van der Waals surface area contributed by atoms with Gasteiger partial charge in [0.15, 0.2) is 0 Å². The Morgan fingerprint density at radius 2 is 1.69 bits per heavy atom. The Hall–Kier alpha value is -2.88. The number of fused-ring (bicyclic) bond motifs is 1. The Morgan fingerprint density at radius 1 is 0.897 bits per heavy atom. The van der Waals surface area contributed by atoms with E-state index in [4.69, 9.17) is 28.2 Å². The highest BCUT2D eigenvalue weighted by Gasteiger charge is 2.16. The summed E-state index contributed by atoms with van der Waals surface area (Å²) >= 11 is 12.4. The van der Waals surface area contributed by atoms with Gasteiger partial charge in [0.05, 0.1) is 21.8 Å². The van der Waals surface area contributed by atoms with Crippen LogP contribution < -0.4 is 5.32 Å². The van der Waals surface area contributed by atoms with Crippen molar-refractivity contribution in [3.8, 4) is 11.3 Å². The number of anilines is 1. The third-order valence-electron chi connectivity index (χ3n) is 4.93. The average molecular weight is 421 g/mol. The number of hydrogen-bond donors (Lipinski definition) is 1. The number of pyridine rings is 1. The first-order valence-electron chi connectivity index (χ1n) is 9.16. The number of nitrogens with zero attached hydrogens (tertiary/aromatic N) is 1. The summed E-state index contributed by atoms with van der Waals surface area (Å²) in [7, 11) is 0. The molecule has 0 fully saturated rings. The number of para-hydroxylation sites is 1. The molecule has 4 rings (SSSR count). The maximum absolute atomic E-state index is 13.2. The molecule has 0 aliphatic heterocycles. The van der Waals surface area contributed by atoms with Crippen LogP contribution in [0.5, 0.6) is 0 Å². The Morgan fingerprint density at radius 3 is 2.45 bits per heavy atom. The van der Waals surface area contributed by atoms with Crippen LogP contribution in [0.1, 0.15) is 21.5 Å². The zero-order valence-corrected chi connectivity index (χ0v) is 17.5. The normalized spacial score (nSPS) is 10.9. The maximum Gasteiger partial charge on any atom is 0.256 e. The van der Waals surface area contributed by atoms with E-state index in [0.717, 1.165) is 27.7 Å². The van der Waals surface area contributed by atoms with Crippen LogP contribution >= 0.6 is 23.2 Å². The summed E-state index contributed by atoms with van der Waals surface area (Å²) < 4.78 is 0. The zero-order valence-electron chi connectivity index (χ0n) is 16.0. The lowest BCUT2D eigenvalue weighted by atomic mass is 10.0. The molecule has 4 aromatic rings. The summed E-state index contributed by atoms with van der Waals surface area (Å²) in [4.78, 5) is 17.9. The Bertz CT molecular complexity index is 1250. The summed E-state index contributed by atoms with van der Waals surface area (Å²) in [6, 6.07) is 20.4. The molecule has 144 valence electrons. The van der Waals surface area contributed by atoms with Crippen molar-refractivity contribution in [2.45, 2.75) is 13.8 Å². The van der Waals surface area contributed by atoms with Crippen LogP contribution in [0.2, 0.25) is 10.0 Å². The quantitative estimate of drug-likeness (QED) is 0.384.